The lowest BCUT2D eigenvalue weighted by atomic mass is 10.1. The van der Waals surface area contributed by atoms with Crippen molar-refractivity contribution in [1.29, 1.82) is 0 Å². The molecule has 3 heterocycles. The number of likely N-dealkylation sites (tertiary alicyclic amines) is 1. The van der Waals surface area contributed by atoms with Gasteiger partial charge < -0.3 is 19.7 Å². The van der Waals surface area contributed by atoms with Gasteiger partial charge in [-0.25, -0.2) is 32.6 Å². The van der Waals surface area contributed by atoms with E-state index in [0.717, 1.165) is 18.9 Å². The molecule has 15 heteroatoms. The second kappa shape index (κ2) is 13.7. The number of piperidine rings is 1. The maximum Gasteiger partial charge on any atom is 0.410 e. The summed E-state index contributed by atoms with van der Waals surface area (Å²) in [7, 11) is -4.43. The summed E-state index contributed by atoms with van der Waals surface area (Å²) in [4.78, 5) is 26.7. The Morgan fingerprint density at radius 1 is 1.02 bits per heavy atom. The summed E-state index contributed by atoms with van der Waals surface area (Å²) in [6.07, 6.45) is 4.14. The fourth-order valence-corrected chi connectivity index (χ4v) is 6.25. The van der Waals surface area contributed by atoms with E-state index in [1.165, 1.54) is 30.6 Å². The number of hydrogen-bond acceptors (Lipinski definition) is 9. The molecule has 2 aromatic carbocycles. The number of nitrogens with zero attached hydrogens (tertiary/aromatic N) is 4. The topological polar surface area (TPSA) is 136 Å². The smallest absolute Gasteiger partial charge is 0.410 e. The number of nitrogens with one attached hydrogen (secondary N) is 2. The monoisotopic (exact) mass is 688 g/mol. The third kappa shape index (κ3) is 7.95. The average molecular weight is 690 g/mol. The predicted octanol–water partition coefficient (Wildman–Crippen LogP) is 7.39. The third-order valence-electron chi connectivity index (χ3n) is 6.73. The van der Waals surface area contributed by atoms with Crippen LogP contribution >= 0.6 is 23.2 Å². The van der Waals surface area contributed by atoms with Gasteiger partial charge in [-0.2, -0.15) is 0 Å². The van der Waals surface area contributed by atoms with Crippen molar-refractivity contribution in [2.24, 2.45) is 0 Å². The van der Waals surface area contributed by atoms with E-state index in [2.05, 4.69) is 25.0 Å². The molecule has 242 valence electrons. The SMILES string of the molecule is CC(C)(C)OC(=O)N1CCC[C@H](Nc2nccc(-c3cccnc3Oc3c(Cl)ccc(S(=O)(=O)Nc4ccccc4Cl)c3F)n2)C1. The van der Waals surface area contributed by atoms with Crippen LogP contribution in [-0.2, 0) is 14.8 Å². The fourth-order valence-electron chi connectivity index (χ4n) is 4.67. The summed E-state index contributed by atoms with van der Waals surface area (Å²) >= 11 is 12.4. The van der Waals surface area contributed by atoms with E-state index in [1.807, 2.05) is 20.8 Å². The molecule has 0 spiro atoms. The molecular formula is C31H31Cl2FN6O5S. The van der Waals surface area contributed by atoms with Crippen LogP contribution in [0.15, 0.2) is 71.9 Å². The van der Waals surface area contributed by atoms with Gasteiger partial charge in [-0.05, 0) is 76.1 Å². The van der Waals surface area contributed by atoms with Gasteiger partial charge >= 0.3 is 6.09 Å². The Labute approximate surface area is 276 Å². The average Bonchev–Trinajstić information content (AvgIpc) is 3.00. The molecule has 2 N–H and O–H groups in total. The minimum Gasteiger partial charge on any atom is -0.444 e. The number of carbonyl (C=O) groups is 1. The number of amides is 1. The van der Waals surface area contributed by atoms with Gasteiger partial charge in [0.2, 0.25) is 11.8 Å². The minimum absolute atomic E-state index is 0.0738. The van der Waals surface area contributed by atoms with Crippen LogP contribution in [0.2, 0.25) is 10.0 Å². The Morgan fingerprint density at radius 2 is 1.80 bits per heavy atom. The fraction of sp³-hybridized carbons (Fsp3) is 0.290. The zero-order valence-corrected chi connectivity index (χ0v) is 27.5. The van der Waals surface area contributed by atoms with Gasteiger partial charge in [-0.1, -0.05) is 35.3 Å². The Hall–Kier alpha value is -4.20. The van der Waals surface area contributed by atoms with Gasteiger partial charge in [0.05, 0.1) is 27.0 Å². The second-order valence-electron chi connectivity index (χ2n) is 11.4. The molecule has 5 rings (SSSR count). The lowest BCUT2D eigenvalue weighted by Crippen LogP contribution is -2.47. The number of sulfonamides is 1. The number of pyridine rings is 1. The summed E-state index contributed by atoms with van der Waals surface area (Å²) in [5.41, 5.74) is 0.229. The van der Waals surface area contributed by atoms with Gasteiger partial charge in [0.25, 0.3) is 10.0 Å². The summed E-state index contributed by atoms with van der Waals surface area (Å²) in [5, 5.41) is 3.24. The maximum absolute atomic E-state index is 15.8. The summed E-state index contributed by atoms with van der Waals surface area (Å²) < 4.78 is 55.7. The van der Waals surface area contributed by atoms with Crippen LogP contribution in [0.5, 0.6) is 11.6 Å². The molecule has 1 aliphatic rings. The first-order valence-corrected chi connectivity index (χ1v) is 16.5. The predicted molar refractivity (Wildman–Crippen MR) is 173 cm³/mol. The summed E-state index contributed by atoms with van der Waals surface area (Å²) in [5.74, 6) is -1.54. The highest BCUT2D eigenvalue weighted by atomic mass is 35.5. The zero-order chi connectivity index (χ0) is 33.1. The Kier molecular flexibility index (Phi) is 9.85. The van der Waals surface area contributed by atoms with E-state index in [-0.39, 0.29) is 33.7 Å². The van der Waals surface area contributed by atoms with Crippen molar-refractivity contribution in [3.8, 4) is 22.9 Å². The van der Waals surface area contributed by atoms with E-state index in [4.69, 9.17) is 32.7 Å². The van der Waals surface area contributed by atoms with Crippen molar-refractivity contribution < 1.29 is 27.1 Å². The lowest BCUT2D eigenvalue weighted by molar-refractivity contribution is 0.0206. The van der Waals surface area contributed by atoms with Crippen molar-refractivity contribution in [1.82, 2.24) is 19.9 Å². The number of benzene rings is 2. The van der Waals surface area contributed by atoms with E-state index in [9.17, 15) is 13.2 Å². The molecule has 4 aromatic rings. The zero-order valence-electron chi connectivity index (χ0n) is 25.1. The van der Waals surface area contributed by atoms with E-state index >= 15 is 4.39 Å². The number of aromatic nitrogens is 3. The third-order valence-corrected chi connectivity index (χ3v) is 8.74. The van der Waals surface area contributed by atoms with Gasteiger partial charge in [0.15, 0.2) is 11.6 Å². The largest absolute Gasteiger partial charge is 0.444 e. The molecule has 1 fully saturated rings. The van der Waals surface area contributed by atoms with Gasteiger partial charge in [-0.15, -0.1) is 0 Å². The first-order valence-electron chi connectivity index (χ1n) is 14.3. The lowest BCUT2D eigenvalue weighted by Gasteiger charge is -2.34. The van der Waals surface area contributed by atoms with E-state index < -0.39 is 32.1 Å². The molecule has 1 amide bonds. The molecule has 1 saturated heterocycles. The van der Waals surface area contributed by atoms with Crippen LogP contribution in [0.4, 0.5) is 20.8 Å². The quantitative estimate of drug-likeness (QED) is 0.194. The number of carbonyl (C=O) groups excluding carboxylic acids is 1. The normalized spacial score (nSPS) is 15.3. The second-order valence-corrected chi connectivity index (χ2v) is 13.9. The van der Waals surface area contributed by atoms with Crippen molar-refractivity contribution in [2.45, 2.75) is 50.2 Å². The Balaban J connectivity index is 1.37. The first-order chi connectivity index (χ1) is 21.8. The molecule has 2 aromatic heterocycles. The van der Waals surface area contributed by atoms with E-state index in [1.54, 1.807) is 35.2 Å². The maximum atomic E-state index is 15.8. The molecule has 0 saturated carbocycles. The van der Waals surface area contributed by atoms with Crippen LogP contribution in [0.3, 0.4) is 0 Å². The Bertz CT molecular complexity index is 1860. The van der Waals surface area contributed by atoms with Crippen molar-refractivity contribution >= 4 is 51.0 Å². The van der Waals surface area contributed by atoms with Crippen molar-refractivity contribution in [2.75, 3.05) is 23.1 Å². The molecule has 11 nitrogen and oxygen atoms in total. The molecule has 1 atom stereocenters. The van der Waals surface area contributed by atoms with E-state index in [0.29, 0.717) is 30.3 Å². The molecular weight excluding hydrogens is 658 g/mol. The number of anilines is 2. The van der Waals surface area contributed by atoms with Gasteiger partial charge in [0, 0.05) is 31.5 Å². The standard InChI is InChI=1S/C31H31Cl2FN6O5S/c1-31(2,3)45-30(41)40-17-7-8-19(18-40)37-29-36-16-14-23(38-29)20-9-6-15-35-28(20)44-27-22(33)12-13-25(26(27)34)46(42,43)39-24-11-5-4-10-21(24)32/h4-6,9-16,19,39H,7-8,17-18H2,1-3H3,(H,36,37,38)/t19-/m0/s1. The summed E-state index contributed by atoms with van der Waals surface area (Å²) in [6.45, 7) is 6.46. The number of ether oxygens (including phenoxy) is 2. The number of hydrogen-bond donors (Lipinski definition) is 2. The van der Waals surface area contributed by atoms with Crippen LogP contribution < -0.4 is 14.8 Å². The minimum atomic E-state index is -4.43. The summed E-state index contributed by atoms with van der Waals surface area (Å²) in [6, 6.07) is 13.2. The highest BCUT2D eigenvalue weighted by Crippen LogP contribution is 2.38. The molecule has 46 heavy (non-hydrogen) atoms. The van der Waals surface area contributed by atoms with Crippen molar-refractivity contribution in [3.05, 3.63) is 82.9 Å². The van der Waals surface area contributed by atoms with Crippen LogP contribution in [0.25, 0.3) is 11.3 Å². The Morgan fingerprint density at radius 3 is 2.57 bits per heavy atom. The molecule has 0 aliphatic carbocycles. The van der Waals surface area contributed by atoms with Gasteiger partial charge in [-0.3, -0.25) is 4.72 Å². The molecule has 0 bridgehead atoms. The number of para-hydroxylation sites is 1. The van der Waals surface area contributed by atoms with Crippen LogP contribution in [-0.4, -0.2) is 59.1 Å². The number of halogens is 3. The molecule has 0 unspecified atom stereocenters. The first kappa shape index (κ1) is 33.2. The van der Waals surface area contributed by atoms with Crippen molar-refractivity contribution in [3.63, 3.8) is 0 Å². The highest BCUT2D eigenvalue weighted by Gasteiger charge is 2.29. The van der Waals surface area contributed by atoms with Crippen LogP contribution in [0, 0.1) is 5.82 Å². The highest BCUT2D eigenvalue weighted by molar-refractivity contribution is 7.92. The molecule has 1 aliphatic heterocycles. The van der Waals surface area contributed by atoms with Gasteiger partial charge in [0.1, 0.15) is 10.5 Å². The number of rotatable bonds is 8. The van der Waals surface area contributed by atoms with Crippen LogP contribution in [0.1, 0.15) is 33.6 Å². The molecule has 0 radical (unpaired) electrons.